The number of phenolic OH excluding ortho intramolecular Hbond substituents is 1. The van der Waals surface area contributed by atoms with E-state index in [9.17, 15) is 92.3 Å². The molecule has 0 saturated carbocycles. The number of aromatic hydroxyl groups is 1. The minimum atomic E-state index is -1.79. The highest BCUT2D eigenvalue weighted by Gasteiger charge is 2.39. The van der Waals surface area contributed by atoms with Gasteiger partial charge in [-0.2, -0.15) is 12.6 Å². The summed E-state index contributed by atoms with van der Waals surface area (Å²) in [6.45, 7) is 18.4. The predicted molar refractivity (Wildman–Crippen MR) is 418 cm³/mol. The number of nitrogens with one attached hydrogen (secondary N) is 16. The zero-order valence-corrected chi connectivity index (χ0v) is 67.1. The molecule has 1 aliphatic rings. The monoisotopic (exact) mass is 1600 g/mol. The zero-order valence-electron chi connectivity index (χ0n) is 66.2. The molecular weight excluding hydrogens is 1490 g/mol. The van der Waals surface area contributed by atoms with Gasteiger partial charge in [-0.15, -0.1) is 0 Å². The number of thiol groups is 1. The number of phenols is 1. The molecule has 1 saturated heterocycles. The van der Waals surface area contributed by atoms with E-state index in [2.05, 4.69) is 102 Å². The number of carbonyl (C=O) groups excluding carboxylic acids is 14. The maximum atomic E-state index is 14.9. The summed E-state index contributed by atoms with van der Waals surface area (Å²) in [4.78, 5) is 214. The largest absolute Gasteiger partial charge is 0.508 e. The molecule has 2 aromatic carbocycles. The van der Waals surface area contributed by atoms with Crippen molar-refractivity contribution in [2.45, 2.75) is 232 Å². The Labute approximate surface area is 663 Å². The summed E-state index contributed by atoms with van der Waals surface area (Å²) in [7, 11) is 0. The number of aromatic nitrogens is 2. The Morgan fingerprint density at radius 1 is 0.478 bits per heavy atom. The fraction of sp³-hybridized carbons (Fsp3) is 0.605. The summed E-state index contributed by atoms with van der Waals surface area (Å²) < 4.78 is 0. The van der Waals surface area contributed by atoms with E-state index in [4.69, 9.17) is 0 Å². The van der Waals surface area contributed by atoms with Gasteiger partial charge in [-0.05, 0) is 105 Å². The molecule has 3 aromatic rings. The second kappa shape index (κ2) is 47.9. The van der Waals surface area contributed by atoms with Gasteiger partial charge in [0.15, 0.2) is 0 Å². The van der Waals surface area contributed by atoms with Crippen molar-refractivity contribution in [3.05, 3.63) is 83.9 Å². The Bertz CT molecular complexity index is 3660. The van der Waals surface area contributed by atoms with Crippen molar-refractivity contribution in [3.8, 4) is 5.75 Å². The summed E-state index contributed by atoms with van der Waals surface area (Å²) in [5.74, 6) is -15.4. The van der Waals surface area contributed by atoms with Crippen LogP contribution in [0.5, 0.6) is 5.75 Å². The van der Waals surface area contributed by atoms with Gasteiger partial charge in [-0.3, -0.25) is 67.1 Å². The number of aromatic amines is 1. The molecule has 626 valence electrons. The number of hydrogen-bond acceptors (Lipinski definition) is 21. The lowest BCUT2D eigenvalue weighted by atomic mass is 9.96. The summed E-state index contributed by atoms with van der Waals surface area (Å²) >= 11 is 4.24. The first-order chi connectivity index (χ1) is 53.4. The van der Waals surface area contributed by atoms with Crippen molar-refractivity contribution >= 4 is 101 Å². The van der Waals surface area contributed by atoms with Crippen molar-refractivity contribution in [2.75, 3.05) is 32.0 Å². The van der Waals surface area contributed by atoms with Gasteiger partial charge in [0.05, 0.1) is 38.2 Å². The van der Waals surface area contributed by atoms with Crippen LogP contribution in [-0.2, 0) is 91.2 Å². The normalized spacial score (nSPS) is 16.6. The Morgan fingerprint density at radius 2 is 0.903 bits per heavy atom. The van der Waals surface area contributed by atoms with Crippen LogP contribution in [0.1, 0.15) is 145 Å². The molecule has 0 unspecified atom stereocenters. The molecule has 113 heavy (non-hydrogen) atoms. The first-order valence-corrected chi connectivity index (χ1v) is 38.8. The van der Waals surface area contributed by atoms with E-state index >= 15 is 0 Å². The average Bonchev–Trinajstić information content (AvgIpc) is 1.12. The third kappa shape index (κ3) is 32.8. The maximum Gasteiger partial charge on any atom is 0.328 e. The lowest BCUT2D eigenvalue weighted by Gasteiger charge is -2.30. The van der Waals surface area contributed by atoms with Crippen LogP contribution in [-0.4, -0.2) is 236 Å². The lowest BCUT2D eigenvalue weighted by molar-refractivity contribution is -0.143. The molecule has 1 aromatic heterocycles. The molecule has 36 nitrogen and oxygen atoms in total. The van der Waals surface area contributed by atoms with Crippen LogP contribution < -0.4 is 79.8 Å². The highest BCUT2D eigenvalue weighted by atomic mass is 32.1. The molecule has 0 bridgehead atoms. The summed E-state index contributed by atoms with van der Waals surface area (Å²) in [6.07, 6.45) is 2.85. The van der Waals surface area contributed by atoms with Crippen molar-refractivity contribution < 1.29 is 92.3 Å². The van der Waals surface area contributed by atoms with Gasteiger partial charge >= 0.3 is 5.97 Å². The topological polar surface area (TPSA) is 546 Å². The molecule has 0 radical (unpaired) electrons. The molecule has 1 aliphatic heterocycles. The van der Waals surface area contributed by atoms with E-state index in [-0.39, 0.29) is 86.0 Å². The predicted octanol–water partition coefficient (Wildman–Crippen LogP) is -2.42. The molecule has 4 rings (SSSR count). The van der Waals surface area contributed by atoms with E-state index in [1.165, 1.54) is 43.7 Å². The molecule has 20 N–H and O–H groups in total. The number of rotatable bonds is 48. The Morgan fingerprint density at radius 3 is 1.39 bits per heavy atom. The number of hydrogen-bond donors (Lipinski definition) is 21. The van der Waals surface area contributed by atoms with Crippen LogP contribution in [0.25, 0.3) is 0 Å². The lowest BCUT2D eigenvalue weighted by Crippen LogP contribution is -2.62. The molecule has 37 heteroatoms. The number of imidazole rings is 1. The van der Waals surface area contributed by atoms with E-state index in [1.54, 1.807) is 92.6 Å². The fourth-order valence-electron chi connectivity index (χ4n) is 12.0. The number of nitrogens with zero attached hydrogens (tertiary/aromatic N) is 1. The Kier molecular flexibility index (Phi) is 40.4. The van der Waals surface area contributed by atoms with Crippen molar-refractivity contribution in [2.24, 2.45) is 29.6 Å². The van der Waals surface area contributed by atoms with Crippen molar-refractivity contribution in [1.82, 2.24) is 89.7 Å². The first-order valence-electron chi connectivity index (χ1n) is 38.2. The number of aliphatic hydroxyl groups excluding tert-OH is 2. The molecule has 0 spiro atoms. The minimum absolute atomic E-state index is 0.00289. The molecule has 16 atom stereocenters. The van der Waals surface area contributed by atoms with Gasteiger partial charge in [0.25, 0.3) is 0 Å². The van der Waals surface area contributed by atoms with Gasteiger partial charge in [0.2, 0.25) is 82.7 Å². The second-order valence-corrected chi connectivity index (χ2v) is 30.2. The van der Waals surface area contributed by atoms with E-state index in [0.717, 1.165) is 13.3 Å². The van der Waals surface area contributed by atoms with Crippen LogP contribution >= 0.6 is 12.6 Å². The summed E-state index contributed by atoms with van der Waals surface area (Å²) in [6, 6.07) is -3.42. The third-order valence-corrected chi connectivity index (χ3v) is 19.2. The third-order valence-electron chi connectivity index (χ3n) is 18.8. The number of H-pyrrole nitrogens is 1. The standard InChI is InChI=1S/C76H117N17O19S/c1-13-42(9)61(91-66(101)50-21-18-26-78-50)73(108)80-35-60(98)84-56(32-48-33-77-38-81-48)70(105)86-53(29-41(7)8)69(104)87-55(31-47-22-24-49(96)25-23-47)71(106)92-62(43(10)14-2)74(109)88-54(30-46-19-16-15-17-20-46)67(102)82-44(11)64(99)93-63(45(12)95)75(110)90-58(37-113)72(107)85-51(27-39(3)4)65(100)79-34-59(97)83-52(28-40(5)6)68(103)89-57(36-94)76(111)112/h15-17,19-20,22-25,33,38-45,50-58,61-63,78,94-96,113H,13-14,18,21,26-32,34-37H2,1-12H3,(H,77,81)(H,79,100)(H,80,108)(H,82,102)(H,83,97)(H,84,98)(H,85,107)(H,86,105)(H,87,104)(H,88,109)(H,89,103)(H,90,110)(H,91,101)(H,92,106)(H,93,99)(H,111,112)/t42-,43-,44-,45+,50-,51-,52-,53-,54-,55-,56-,57-,58-,61-,62-,63-/m0/s1. The fourth-order valence-corrected chi connectivity index (χ4v) is 12.3. The van der Waals surface area contributed by atoms with Gasteiger partial charge in [0.1, 0.15) is 78.3 Å². The van der Waals surface area contributed by atoms with Crippen LogP contribution in [0.3, 0.4) is 0 Å². The molecular formula is C76H117N17O19S. The van der Waals surface area contributed by atoms with Gasteiger partial charge in [0, 0.05) is 36.9 Å². The quantitative estimate of drug-likeness (QED) is 0.0262. The van der Waals surface area contributed by atoms with Gasteiger partial charge < -0.3 is 105 Å². The van der Waals surface area contributed by atoms with E-state index in [1.807, 2.05) is 6.92 Å². The van der Waals surface area contributed by atoms with Crippen LogP contribution in [0.15, 0.2) is 67.1 Å². The van der Waals surface area contributed by atoms with Gasteiger partial charge in [-0.1, -0.05) is 125 Å². The zero-order chi connectivity index (χ0) is 84.3. The molecule has 14 amide bonds. The summed E-state index contributed by atoms with van der Waals surface area (Å²) in [5.41, 5.74) is 1.40. The SMILES string of the molecule is CC[C@H](C)[C@H](NC(=O)[C@@H]1CCCN1)C(=O)NCC(=O)N[C@@H](Cc1cnc[nH]1)C(=O)N[C@@H](CC(C)C)C(=O)N[C@@H](Cc1ccc(O)cc1)C(=O)N[C@H](C(=O)N[C@@H](Cc1ccccc1)C(=O)N[C@@H](C)C(=O)N[C@H](C(=O)N[C@@H](CS)C(=O)N[C@@H](CC(C)C)C(=O)NCC(=O)N[C@@H](CC(C)C)C(=O)N[C@@H](CO)C(=O)O)[C@@H](C)O)[C@@H](C)CC. The Balaban J connectivity index is 1.52. The highest BCUT2D eigenvalue weighted by Crippen LogP contribution is 2.18. The second-order valence-electron chi connectivity index (χ2n) is 29.8. The van der Waals surface area contributed by atoms with Crippen molar-refractivity contribution in [3.63, 3.8) is 0 Å². The van der Waals surface area contributed by atoms with E-state index < -0.39 is 193 Å². The molecule has 0 aliphatic carbocycles. The van der Waals surface area contributed by atoms with E-state index in [0.29, 0.717) is 36.2 Å². The van der Waals surface area contributed by atoms with Crippen LogP contribution in [0, 0.1) is 29.6 Å². The number of carboxylic acids is 1. The Hall–Kier alpha value is -10.3. The number of carboxylic acid groups (broad SMARTS) is 1. The number of carbonyl (C=O) groups is 15. The number of amides is 14. The van der Waals surface area contributed by atoms with Crippen molar-refractivity contribution in [1.29, 1.82) is 0 Å². The number of aliphatic hydroxyl groups is 2. The molecule has 2 heterocycles. The van der Waals surface area contributed by atoms with Crippen LogP contribution in [0.4, 0.5) is 0 Å². The smallest absolute Gasteiger partial charge is 0.328 e. The molecule has 1 fully saturated rings. The van der Waals surface area contributed by atoms with Crippen LogP contribution in [0.2, 0.25) is 0 Å². The van der Waals surface area contributed by atoms with Gasteiger partial charge in [-0.25, -0.2) is 9.78 Å². The maximum absolute atomic E-state index is 14.9. The first kappa shape index (κ1) is 95.1. The minimum Gasteiger partial charge on any atom is -0.508 e. The number of benzene rings is 2. The summed E-state index contributed by atoms with van der Waals surface area (Å²) in [5, 5.41) is 78.8. The average molecular weight is 1600 g/mol. The number of aliphatic carboxylic acids is 1. The highest BCUT2D eigenvalue weighted by molar-refractivity contribution is 7.80.